The number of halogens is 2. The highest BCUT2D eigenvalue weighted by Gasteiger charge is 2.39. The maximum atomic E-state index is 13.3. The van der Waals surface area contributed by atoms with Crippen LogP contribution in [0.3, 0.4) is 0 Å². The number of hydrogen-bond acceptors (Lipinski definition) is 5. The van der Waals surface area contributed by atoms with Crippen molar-refractivity contribution in [3.63, 3.8) is 0 Å². The van der Waals surface area contributed by atoms with Crippen molar-refractivity contribution in [2.75, 3.05) is 31.1 Å². The first-order valence-corrected chi connectivity index (χ1v) is 9.64. The second kappa shape index (κ2) is 6.10. The van der Waals surface area contributed by atoms with E-state index in [0.717, 1.165) is 43.1 Å². The van der Waals surface area contributed by atoms with Gasteiger partial charge in [-0.3, -0.25) is 4.79 Å². The Hall–Kier alpha value is -2.32. The molecular formula is C18H22F2N6O. The summed E-state index contributed by atoms with van der Waals surface area (Å²) in [6.07, 6.45) is 2.52. The Kier molecular flexibility index (Phi) is 3.80. The normalized spacial score (nSPS) is 25.3. The fourth-order valence-electron chi connectivity index (χ4n) is 4.04. The van der Waals surface area contributed by atoms with E-state index >= 15 is 0 Å². The van der Waals surface area contributed by atoms with Gasteiger partial charge < -0.3 is 9.80 Å². The molecule has 0 spiro atoms. The first-order chi connectivity index (χ1) is 13.0. The second-order valence-corrected chi connectivity index (χ2v) is 7.91. The van der Waals surface area contributed by atoms with Gasteiger partial charge in [0.05, 0.1) is 5.92 Å². The molecule has 4 heterocycles. The predicted molar refractivity (Wildman–Crippen MR) is 93.8 cm³/mol. The van der Waals surface area contributed by atoms with Gasteiger partial charge >= 0.3 is 0 Å². The van der Waals surface area contributed by atoms with Crippen LogP contribution >= 0.6 is 0 Å². The zero-order chi connectivity index (χ0) is 18.6. The first kappa shape index (κ1) is 16.8. The third-order valence-electron chi connectivity index (χ3n) is 5.88. The van der Waals surface area contributed by atoms with Crippen LogP contribution in [-0.4, -0.2) is 62.7 Å². The fourth-order valence-corrected chi connectivity index (χ4v) is 4.04. The summed E-state index contributed by atoms with van der Waals surface area (Å²) in [7, 11) is 0. The number of fused-ring (bicyclic) bond motifs is 1. The summed E-state index contributed by atoms with van der Waals surface area (Å²) in [5.74, 6) is -0.615. The number of alkyl halides is 2. The Balaban J connectivity index is 1.28. The van der Waals surface area contributed by atoms with Crippen molar-refractivity contribution in [1.82, 2.24) is 24.7 Å². The molecule has 7 nitrogen and oxygen atoms in total. The van der Waals surface area contributed by atoms with Crippen LogP contribution in [0.1, 0.15) is 43.8 Å². The lowest BCUT2D eigenvalue weighted by Gasteiger charge is -2.33. The number of anilines is 1. The second-order valence-electron chi connectivity index (χ2n) is 7.91. The van der Waals surface area contributed by atoms with Gasteiger partial charge in [-0.2, -0.15) is 4.52 Å². The lowest BCUT2D eigenvalue weighted by Crippen LogP contribution is -2.45. The number of aromatic nitrogens is 4. The number of piperidine rings is 1. The number of likely N-dealkylation sites (tertiary alicyclic amines) is 1. The highest BCUT2D eigenvalue weighted by molar-refractivity contribution is 5.80. The Morgan fingerprint density at radius 3 is 2.59 bits per heavy atom. The van der Waals surface area contributed by atoms with E-state index in [1.807, 2.05) is 16.6 Å². The number of carbonyl (C=O) groups excluding carboxylic acids is 1. The minimum Gasteiger partial charge on any atom is -0.354 e. The molecule has 0 N–H and O–H groups in total. The molecule has 1 atom stereocenters. The molecule has 2 aromatic heterocycles. The van der Waals surface area contributed by atoms with E-state index in [1.165, 1.54) is 0 Å². The molecule has 3 fully saturated rings. The van der Waals surface area contributed by atoms with Crippen LogP contribution in [0.4, 0.5) is 14.6 Å². The smallest absolute Gasteiger partial charge is 0.251 e. The van der Waals surface area contributed by atoms with Crippen LogP contribution in [0.15, 0.2) is 12.1 Å². The zero-order valence-electron chi connectivity index (χ0n) is 15.0. The molecule has 9 heteroatoms. The maximum absolute atomic E-state index is 13.3. The molecule has 1 aliphatic carbocycles. The van der Waals surface area contributed by atoms with Crippen LogP contribution in [0.2, 0.25) is 0 Å². The van der Waals surface area contributed by atoms with E-state index in [2.05, 4.69) is 15.1 Å². The number of amides is 1. The molecule has 2 aliphatic heterocycles. The van der Waals surface area contributed by atoms with Gasteiger partial charge in [0, 0.05) is 44.9 Å². The van der Waals surface area contributed by atoms with E-state index in [-0.39, 0.29) is 37.8 Å². The van der Waals surface area contributed by atoms with Gasteiger partial charge in [0.15, 0.2) is 11.5 Å². The summed E-state index contributed by atoms with van der Waals surface area (Å²) in [4.78, 5) is 16.4. The molecule has 144 valence electrons. The molecule has 3 aliphatic rings. The highest BCUT2D eigenvalue weighted by Crippen LogP contribution is 2.39. The first-order valence-electron chi connectivity index (χ1n) is 9.64. The van der Waals surface area contributed by atoms with E-state index < -0.39 is 5.92 Å². The molecule has 0 radical (unpaired) electrons. The van der Waals surface area contributed by atoms with Crippen LogP contribution in [0.25, 0.3) is 5.65 Å². The molecule has 0 aromatic carbocycles. The maximum Gasteiger partial charge on any atom is 0.251 e. The van der Waals surface area contributed by atoms with Crippen molar-refractivity contribution in [3.8, 4) is 0 Å². The molecule has 27 heavy (non-hydrogen) atoms. The van der Waals surface area contributed by atoms with Gasteiger partial charge in [-0.15, -0.1) is 15.3 Å². The van der Waals surface area contributed by atoms with Crippen molar-refractivity contribution in [2.24, 2.45) is 5.92 Å². The van der Waals surface area contributed by atoms with E-state index in [1.54, 1.807) is 4.90 Å². The van der Waals surface area contributed by atoms with Crippen LogP contribution < -0.4 is 4.90 Å². The zero-order valence-corrected chi connectivity index (χ0v) is 15.0. The average Bonchev–Trinajstić information content (AvgIpc) is 3.22. The third kappa shape index (κ3) is 3.12. The summed E-state index contributed by atoms with van der Waals surface area (Å²) < 4.78 is 28.5. The van der Waals surface area contributed by atoms with E-state index in [4.69, 9.17) is 5.10 Å². The summed E-state index contributed by atoms with van der Waals surface area (Å²) in [6.45, 7) is 1.61. The Morgan fingerprint density at radius 1 is 1.07 bits per heavy atom. The summed E-state index contributed by atoms with van der Waals surface area (Å²) in [6, 6.07) is 3.82. The van der Waals surface area contributed by atoms with Gasteiger partial charge in [0.2, 0.25) is 5.91 Å². The molecule has 1 unspecified atom stereocenters. The van der Waals surface area contributed by atoms with Crippen molar-refractivity contribution in [1.29, 1.82) is 0 Å². The Bertz CT molecular complexity index is 870. The van der Waals surface area contributed by atoms with Crippen LogP contribution in [0.5, 0.6) is 0 Å². The molecule has 1 amide bonds. The van der Waals surface area contributed by atoms with Crippen molar-refractivity contribution >= 4 is 17.4 Å². The lowest BCUT2D eigenvalue weighted by atomic mass is 10.0. The third-order valence-corrected chi connectivity index (χ3v) is 5.88. The molecule has 0 bridgehead atoms. The predicted octanol–water partition coefficient (Wildman–Crippen LogP) is 2.09. The topological polar surface area (TPSA) is 66.6 Å². The SMILES string of the molecule is O=C(C1CCN(c2ccc3nnc(C4CC4)n3n2)C1)N1CCC(F)(F)CC1. The Labute approximate surface area is 155 Å². The van der Waals surface area contributed by atoms with Crippen molar-refractivity contribution < 1.29 is 13.6 Å². The van der Waals surface area contributed by atoms with Crippen molar-refractivity contribution in [2.45, 2.75) is 43.9 Å². The summed E-state index contributed by atoms with van der Waals surface area (Å²) in [5, 5.41) is 13.1. The van der Waals surface area contributed by atoms with Gasteiger partial charge in [-0.1, -0.05) is 0 Å². The van der Waals surface area contributed by atoms with Gasteiger partial charge in [-0.25, -0.2) is 8.78 Å². The molecular weight excluding hydrogens is 354 g/mol. The van der Waals surface area contributed by atoms with Gasteiger partial charge in [0.1, 0.15) is 5.82 Å². The number of rotatable bonds is 3. The fraction of sp³-hybridized carbons (Fsp3) is 0.667. The van der Waals surface area contributed by atoms with E-state index in [0.29, 0.717) is 12.5 Å². The van der Waals surface area contributed by atoms with Crippen LogP contribution in [-0.2, 0) is 4.79 Å². The standard InChI is InChI=1S/C18H22F2N6O/c19-18(20)6-9-24(10-7-18)17(27)13-5-8-25(11-13)15-4-3-14-21-22-16(12-1-2-12)26(14)23-15/h3-4,12-13H,1-2,5-11H2. The summed E-state index contributed by atoms with van der Waals surface area (Å²) in [5.41, 5.74) is 0.738. The lowest BCUT2D eigenvalue weighted by molar-refractivity contribution is -0.140. The van der Waals surface area contributed by atoms with Crippen molar-refractivity contribution in [3.05, 3.63) is 18.0 Å². The minimum atomic E-state index is -2.63. The molecule has 2 aromatic rings. The van der Waals surface area contributed by atoms with Gasteiger partial charge in [-0.05, 0) is 31.4 Å². The monoisotopic (exact) mass is 376 g/mol. The Morgan fingerprint density at radius 2 is 1.85 bits per heavy atom. The molecule has 5 rings (SSSR count). The number of nitrogens with zero attached hydrogens (tertiary/aromatic N) is 6. The van der Waals surface area contributed by atoms with E-state index in [9.17, 15) is 13.6 Å². The largest absolute Gasteiger partial charge is 0.354 e. The number of carbonyl (C=O) groups is 1. The average molecular weight is 376 g/mol. The minimum absolute atomic E-state index is 0.00274. The molecule has 2 saturated heterocycles. The quantitative estimate of drug-likeness (QED) is 0.821. The summed E-state index contributed by atoms with van der Waals surface area (Å²) >= 11 is 0. The van der Waals surface area contributed by atoms with Gasteiger partial charge in [0.25, 0.3) is 5.92 Å². The number of hydrogen-bond donors (Lipinski definition) is 0. The molecule has 1 saturated carbocycles. The highest BCUT2D eigenvalue weighted by atomic mass is 19.3. The van der Waals surface area contributed by atoms with Crippen LogP contribution in [0, 0.1) is 5.92 Å².